The molecule has 1 aromatic carbocycles. The third-order valence-corrected chi connectivity index (χ3v) is 5.28. The second-order valence-electron chi connectivity index (χ2n) is 7.51. The van der Waals surface area contributed by atoms with Gasteiger partial charge in [-0.05, 0) is 18.1 Å². The van der Waals surface area contributed by atoms with E-state index in [1.54, 1.807) is 6.20 Å². The molecule has 172 valence electrons. The Bertz CT molecular complexity index is 988. The van der Waals surface area contributed by atoms with Crippen LogP contribution < -0.4 is 5.32 Å². The Kier molecular flexibility index (Phi) is 7.23. The van der Waals surface area contributed by atoms with E-state index in [0.717, 1.165) is 17.5 Å². The van der Waals surface area contributed by atoms with E-state index in [1.807, 2.05) is 31.2 Å². The third-order valence-electron chi connectivity index (χ3n) is 5.28. The average molecular weight is 446 g/mol. The molecule has 1 amide bonds. The number of aryl methyl sites for hydroxylation is 1. The summed E-state index contributed by atoms with van der Waals surface area (Å²) in [6.07, 6.45) is -0.956. The predicted molar refractivity (Wildman–Crippen MR) is 111 cm³/mol. The number of ether oxygens (including phenoxy) is 1. The number of carbonyl (C=O) groups excluding carboxylic acids is 1. The van der Waals surface area contributed by atoms with Crippen molar-refractivity contribution < 1.29 is 34.8 Å². The number of benzene rings is 1. The molecule has 0 unspecified atom stereocenters. The van der Waals surface area contributed by atoms with Gasteiger partial charge in [0.2, 0.25) is 11.7 Å². The number of carboxylic acids is 1. The molecule has 0 bridgehead atoms. The molecule has 5 N–H and O–H groups in total. The summed E-state index contributed by atoms with van der Waals surface area (Å²) in [5.74, 6) is -2.36. The molecule has 32 heavy (non-hydrogen) atoms. The lowest BCUT2D eigenvalue weighted by molar-refractivity contribution is -0.147. The molecule has 1 aliphatic rings. The molecule has 2 heterocycles. The molecule has 0 radical (unpaired) electrons. The topological polar surface area (TPSA) is 167 Å². The van der Waals surface area contributed by atoms with Crippen molar-refractivity contribution in [2.24, 2.45) is 0 Å². The van der Waals surface area contributed by atoms with Gasteiger partial charge in [0, 0.05) is 12.5 Å². The van der Waals surface area contributed by atoms with Crippen molar-refractivity contribution >= 4 is 11.9 Å². The fraction of sp³-hybridized carbons (Fsp3) is 0.429. The van der Waals surface area contributed by atoms with Gasteiger partial charge in [-0.3, -0.25) is 4.79 Å². The van der Waals surface area contributed by atoms with Gasteiger partial charge in [0.05, 0.1) is 24.9 Å². The van der Waals surface area contributed by atoms with E-state index in [4.69, 9.17) is 4.74 Å². The summed E-state index contributed by atoms with van der Waals surface area (Å²) in [6.45, 7) is 2.51. The molecule has 0 aliphatic carbocycles. The first kappa shape index (κ1) is 23.4. The first-order valence-electron chi connectivity index (χ1n) is 10.1. The molecule has 0 fully saturated rings. The van der Waals surface area contributed by atoms with Crippen molar-refractivity contribution in [3.63, 3.8) is 0 Å². The molecular formula is C21H26N4O7. The van der Waals surface area contributed by atoms with Crippen molar-refractivity contribution in [3.8, 4) is 11.3 Å². The zero-order valence-electron chi connectivity index (χ0n) is 17.6. The Morgan fingerprint density at radius 3 is 2.50 bits per heavy atom. The standard InChI is InChI=1S/C21H26N4O7/c1-3-12-4-6-13(7-5-12)14-9-25(24-23-14)15-8-17(21(30)31)32-20(18(15)22-11(2)27)19(29)16(28)10-26/h4-9,15-16,18-20,26,28-29H,3,10H2,1-2H3,(H,22,27)(H,30,31)/t15-,16+,18+,19+,20+/m0/s1. The number of aromatic nitrogens is 3. The highest BCUT2D eigenvalue weighted by atomic mass is 16.5. The van der Waals surface area contributed by atoms with E-state index in [0.29, 0.717) is 5.69 Å². The maximum absolute atomic E-state index is 11.9. The van der Waals surface area contributed by atoms with Gasteiger partial charge in [0.15, 0.2) is 0 Å². The maximum Gasteiger partial charge on any atom is 0.370 e. The van der Waals surface area contributed by atoms with E-state index in [1.165, 1.54) is 17.7 Å². The van der Waals surface area contributed by atoms with Crippen LogP contribution in [0.5, 0.6) is 0 Å². The summed E-state index contributed by atoms with van der Waals surface area (Å²) in [7, 11) is 0. The van der Waals surface area contributed by atoms with Gasteiger partial charge in [-0.2, -0.15) is 0 Å². The number of carbonyl (C=O) groups is 2. The van der Waals surface area contributed by atoms with Gasteiger partial charge < -0.3 is 30.5 Å². The Morgan fingerprint density at radius 2 is 1.94 bits per heavy atom. The zero-order chi connectivity index (χ0) is 23.4. The monoisotopic (exact) mass is 446 g/mol. The quantitative estimate of drug-likeness (QED) is 0.364. The maximum atomic E-state index is 11.9. The van der Waals surface area contributed by atoms with E-state index in [9.17, 15) is 30.0 Å². The molecule has 3 rings (SSSR count). The highest BCUT2D eigenvalue weighted by Gasteiger charge is 2.44. The van der Waals surface area contributed by atoms with Crippen molar-refractivity contribution in [2.75, 3.05) is 6.61 Å². The fourth-order valence-corrected chi connectivity index (χ4v) is 3.55. The van der Waals surface area contributed by atoms with Crippen molar-refractivity contribution in [2.45, 2.75) is 50.7 Å². The van der Waals surface area contributed by atoms with Crippen LogP contribution in [0.25, 0.3) is 11.3 Å². The molecule has 5 atom stereocenters. The van der Waals surface area contributed by atoms with Gasteiger partial charge in [-0.1, -0.05) is 36.4 Å². The summed E-state index contributed by atoms with van der Waals surface area (Å²) in [4.78, 5) is 23.5. The van der Waals surface area contributed by atoms with Crippen LogP contribution in [0, 0.1) is 0 Å². The molecule has 0 saturated carbocycles. The molecule has 2 aromatic rings. The highest BCUT2D eigenvalue weighted by Crippen LogP contribution is 2.30. The number of nitrogens with zero attached hydrogens (tertiary/aromatic N) is 3. The van der Waals surface area contributed by atoms with E-state index >= 15 is 0 Å². The number of aliphatic carboxylic acids is 1. The second kappa shape index (κ2) is 9.90. The lowest BCUT2D eigenvalue weighted by atomic mass is 9.92. The molecule has 0 spiro atoms. The van der Waals surface area contributed by atoms with Crippen LogP contribution in [-0.4, -0.2) is 78.3 Å². The summed E-state index contributed by atoms with van der Waals surface area (Å²) in [6, 6.07) is 5.81. The first-order valence-corrected chi connectivity index (χ1v) is 10.1. The van der Waals surface area contributed by atoms with Crippen molar-refractivity contribution in [1.29, 1.82) is 0 Å². The summed E-state index contributed by atoms with van der Waals surface area (Å²) in [5.41, 5.74) is 2.48. The van der Waals surface area contributed by atoms with Gasteiger partial charge in [0.25, 0.3) is 0 Å². The molecular weight excluding hydrogens is 420 g/mol. The summed E-state index contributed by atoms with van der Waals surface area (Å²) in [5, 5.41) is 50.0. The molecule has 1 aromatic heterocycles. The SMILES string of the molecule is CCc1ccc(-c2cn([C@H]3C=C(C(=O)O)O[C@@H]([C@H](O)[C@H](O)CO)[C@@H]3NC(C)=O)nn2)cc1. The largest absolute Gasteiger partial charge is 0.478 e. The lowest BCUT2D eigenvalue weighted by Gasteiger charge is -2.39. The molecule has 11 heteroatoms. The zero-order valence-corrected chi connectivity index (χ0v) is 17.6. The van der Waals surface area contributed by atoms with Gasteiger partial charge in [-0.15, -0.1) is 5.10 Å². The van der Waals surface area contributed by atoms with Crippen LogP contribution in [0.1, 0.15) is 25.5 Å². The van der Waals surface area contributed by atoms with Crippen molar-refractivity contribution in [3.05, 3.63) is 47.9 Å². The Morgan fingerprint density at radius 1 is 1.25 bits per heavy atom. The van der Waals surface area contributed by atoms with Crippen LogP contribution in [0.3, 0.4) is 0 Å². The number of carboxylic acid groups (broad SMARTS) is 1. The number of aliphatic hydroxyl groups is 3. The fourth-order valence-electron chi connectivity index (χ4n) is 3.55. The number of aliphatic hydroxyl groups excluding tert-OH is 3. The summed E-state index contributed by atoms with van der Waals surface area (Å²) < 4.78 is 6.74. The van der Waals surface area contributed by atoms with Crippen LogP contribution >= 0.6 is 0 Å². The minimum absolute atomic E-state index is 0.470. The number of hydrogen-bond donors (Lipinski definition) is 5. The van der Waals surface area contributed by atoms with E-state index in [2.05, 4.69) is 15.6 Å². The summed E-state index contributed by atoms with van der Waals surface area (Å²) >= 11 is 0. The third kappa shape index (κ3) is 4.96. The van der Waals surface area contributed by atoms with Crippen molar-refractivity contribution in [1.82, 2.24) is 20.3 Å². The first-order chi connectivity index (χ1) is 15.2. The lowest BCUT2D eigenvalue weighted by Crippen LogP contribution is -2.58. The Balaban J connectivity index is 2.01. The number of amides is 1. The molecule has 1 aliphatic heterocycles. The average Bonchev–Trinajstić information content (AvgIpc) is 3.27. The second-order valence-corrected chi connectivity index (χ2v) is 7.51. The van der Waals surface area contributed by atoms with E-state index < -0.39 is 54.6 Å². The number of nitrogens with one attached hydrogen (secondary N) is 1. The smallest absolute Gasteiger partial charge is 0.370 e. The van der Waals surface area contributed by atoms with Crippen LogP contribution in [0.2, 0.25) is 0 Å². The predicted octanol–water partition coefficient (Wildman–Crippen LogP) is -0.365. The molecule has 0 saturated heterocycles. The minimum atomic E-state index is -1.69. The number of rotatable bonds is 8. The van der Waals surface area contributed by atoms with E-state index in [-0.39, 0.29) is 0 Å². The van der Waals surface area contributed by atoms with Crippen LogP contribution in [0.15, 0.2) is 42.3 Å². The number of hydrogen-bond acceptors (Lipinski definition) is 8. The Labute approximate surface area is 183 Å². The van der Waals surface area contributed by atoms with Gasteiger partial charge >= 0.3 is 5.97 Å². The van der Waals surface area contributed by atoms with Gasteiger partial charge in [0.1, 0.15) is 24.0 Å². The van der Waals surface area contributed by atoms with Gasteiger partial charge in [-0.25, -0.2) is 9.48 Å². The van der Waals surface area contributed by atoms with Crippen LogP contribution in [-0.2, 0) is 20.7 Å². The molecule has 11 nitrogen and oxygen atoms in total. The minimum Gasteiger partial charge on any atom is -0.478 e. The van der Waals surface area contributed by atoms with Crippen LogP contribution in [0.4, 0.5) is 0 Å². The Hall–Kier alpha value is -3.28. The highest BCUT2D eigenvalue weighted by molar-refractivity contribution is 5.84. The normalized spacial score (nSPS) is 22.4.